The van der Waals surface area contributed by atoms with Crippen molar-refractivity contribution in [1.82, 2.24) is 14.8 Å². The van der Waals surface area contributed by atoms with Crippen LogP contribution in [0.3, 0.4) is 0 Å². The van der Waals surface area contributed by atoms with Crippen molar-refractivity contribution in [3.63, 3.8) is 0 Å². The molecule has 0 aliphatic rings. The first-order chi connectivity index (χ1) is 11.5. The highest BCUT2D eigenvalue weighted by Crippen LogP contribution is 2.30. The Morgan fingerprint density at radius 2 is 1.88 bits per heavy atom. The number of carbonyl (C=O) groups excluding carboxylic acids is 1. The second kappa shape index (κ2) is 6.11. The van der Waals surface area contributed by atoms with E-state index in [2.05, 4.69) is 10.1 Å². The monoisotopic (exact) mass is 325 g/mol. The van der Waals surface area contributed by atoms with Gasteiger partial charge in [-0.15, -0.1) is 5.10 Å². The highest BCUT2D eigenvalue weighted by atomic mass is 16.5. The zero-order valence-electron chi connectivity index (χ0n) is 13.4. The minimum Gasteiger partial charge on any atom is -0.480 e. The molecule has 24 heavy (non-hydrogen) atoms. The zero-order chi connectivity index (χ0) is 17.3. The number of esters is 1. The van der Waals surface area contributed by atoms with Gasteiger partial charge in [-0.2, -0.15) is 4.68 Å². The van der Waals surface area contributed by atoms with Gasteiger partial charge in [-0.1, -0.05) is 18.2 Å². The van der Waals surface area contributed by atoms with Crippen LogP contribution in [0, 0.1) is 6.92 Å². The maximum Gasteiger partial charge on any atom is 0.309 e. The molecule has 7 nitrogen and oxygen atoms in total. The summed E-state index contributed by atoms with van der Waals surface area (Å²) in [5.74, 6) is -0.388. The average molecular weight is 325 g/mol. The van der Waals surface area contributed by atoms with Crippen LogP contribution in [0.1, 0.15) is 12.6 Å². The molecule has 0 unspecified atom stereocenters. The van der Waals surface area contributed by atoms with E-state index in [-0.39, 0.29) is 22.7 Å². The lowest BCUT2D eigenvalue weighted by Gasteiger charge is -2.12. The summed E-state index contributed by atoms with van der Waals surface area (Å²) < 4.78 is 11.6. The normalized spacial score (nSPS) is 10.6. The van der Waals surface area contributed by atoms with Gasteiger partial charge in [-0.3, -0.25) is 9.59 Å². The van der Waals surface area contributed by atoms with Crippen molar-refractivity contribution in [3.8, 4) is 17.4 Å². The molecule has 0 saturated carbocycles. The first-order valence-electron chi connectivity index (χ1n) is 7.23. The van der Waals surface area contributed by atoms with Crippen LogP contribution in [0.25, 0.3) is 16.5 Å². The molecule has 1 aromatic carbocycles. The fourth-order valence-corrected chi connectivity index (χ4v) is 2.42. The van der Waals surface area contributed by atoms with Gasteiger partial charge in [0.1, 0.15) is 5.39 Å². The third-order valence-corrected chi connectivity index (χ3v) is 3.38. The second-order valence-electron chi connectivity index (χ2n) is 5.15. The minimum absolute atomic E-state index is 0.0229. The van der Waals surface area contributed by atoms with Crippen molar-refractivity contribution in [1.29, 1.82) is 0 Å². The molecule has 2 heterocycles. The Kier molecular flexibility index (Phi) is 3.99. The summed E-state index contributed by atoms with van der Waals surface area (Å²) >= 11 is 0. The maximum atomic E-state index is 12.9. The highest BCUT2D eigenvalue weighted by Gasteiger charge is 2.19. The highest BCUT2D eigenvalue weighted by molar-refractivity contribution is 5.92. The molecule has 2 aromatic heterocycles. The number of carbonyl (C=O) groups is 1. The van der Waals surface area contributed by atoms with E-state index in [0.29, 0.717) is 16.8 Å². The molecule has 0 spiro atoms. The number of hydrogen-bond acceptors (Lipinski definition) is 6. The van der Waals surface area contributed by atoms with Crippen LogP contribution in [0.2, 0.25) is 0 Å². The molecule has 3 aromatic rings. The summed E-state index contributed by atoms with van der Waals surface area (Å²) in [5, 5.41) is 4.78. The van der Waals surface area contributed by atoms with E-state index in [4.69, 9.17) is 9.47 Å². The number of nitrogens with zero attached hydrogens (tertiary/aromatic N) is 3. The van der Waals surface area contributed by atoms with Gasteiger partial charge in [-0.05, 0) is 25.1 Å². The number of hydrogen-bond donors (Lipinski definition) is 0. The molecular weight excluding hydrogens is 310 g/mol. The second-order valence-corrected chi connectivity index (χ2v) is 5.15. The van der Waals surface area contributed by atoms with E-state index in [0.717, 1.165) is 0 Å². The zero-order valence-corrected chi connectivity index (χ0v) is 13.4. The molecule has 122 valence electrons. The maximum absolute atomic E-state index is 12.9. The van der Waals surface area contributed by atoms with E-state index >= 15 is 0 Å². The first-order valence-corrected chi connectivity index (χ1v) is 7.23. The molecule has 0 atom stereocenters. The van der Waals surface area contributed by atoms with Gasteiger partial charge in [0, 0.05) is 12.6 Å². The number of rotatable bonds is 3. The molecule has 0 fully saturated rings. The van der Waals surface area contributed by atoms with Gasteiger partial charge < -0.3 is 9.47 Å². The summed E-state index contributed by atoms with van der Waals surface area (Å²) in [7, 11) is 1.43. The van der Waals surface area contributed by atoms with Gasteiger partial charge in [0.2, 0.25) is 5.88 Å². The Morgan fingerprint density at radius 3 is 2.50 bits per heavy atom. The predicted octanol–water partition coefficient (Wildman–Crippen LogP) is 2.02. The van der Waals surface area contributed by atoms with Crippen LogP contribution in [-0.4, -0.2) is 27.8 Å². The van der Waals surface area contributed by atoms with E-state index in [1.54, 1.807) is 37.3 Å². The van der Waals surface area contributed by atoms with Crippen molar-refractivity contribution in [2.45, 2.75) is 13.8 Å². The summed E-state index contributed by atoms with van der Waals surface area (Å²) in [6, 6.07) is 10.5. The molecule has 7 heteroatoms. The van der Waals surface area contributed by atoms with Crippen molar-refractivity contribution in [2.75, 3.05) is 7.11 Å². The third kappa shape index (κ3) is 2.71. The molecule has 0 bridgehead atoms. The van der Waals surface area contributed by atoms with Gasteiger partial charge >= 0.3 is 5.97 Å². The molecule has 0 radical (unpaired) electrons. The SMILES string of the molecule is COc1nc(C)cc2c(=O)n(-c3ccccc3)nc(OC(C)=O)c12. The van der Waals surface area contributed by atoms with Crippen molar-refractivity contribution >= 4 is 16.7 Å². The molecule has 0 N–H and O–H groups in total. The minimum atomic E-state index is -0.551. The predicted molar refractivity (Wildman–Crippen MR) is 87.7 cm³/mol. The van der Waals surface area contributed by atoms with E-state index in [1.807, 2.05) is 6.07 Å². The Morgan fingerprint density at radius 1 is 1.17 bits per heavy atom. The molecule has 3 rings (SSSR count). The van der Waals surface area contributed by atoms with E-state index in [1.165, 1.54) is 18.7 Å². The van der Waals surface area contributed by atoms with Crippen LogP contribution in [-0.2, 0) is 4.79 Å². The summed E-state index contributed by atoms with van der Waals surface area (Å²) in [5.41, 5.74) is 0.818. The van der Waals surface area contributed by atoms with Crippen molar-refractivity contribution < 1.29 is 14.3 Å². The van der Waals surface area contributed by atoms with Gasteiger partial charge in [0.25, 0.3) is 11.4 Å². The number of para-hydroxylation sites is 1. The van der Waals surface area contributed by atoms with Crippen LogP contribution < -0.4 is 15.0 Å². The quantitative estimate of drug-likeness (QED) is 0.685. The largest absolute Gasteiger partial charge is 0.480 e. The number of pyridine rings is 1. The lowest BCUT2D eigenvalue weighted by molar-refractivity contribution is -0.132. The lowest BCUT2D eigenvalue weighted by Crippen LogP contribution is -2.23. The number of methoxy groups -OCH3 is 1. The Hall–Kier alpha value is -3.22. The molecule has 0 saturated heterocycles. The van der Waals surface area contributed by atoms with Gasteiger partial charge in [-0.25, -0.2) is 4.98 Å². The Labute approximate surface area is 137 Å². The van der Waals surface area contributed by atoms with Gasteiger partial charge in [0.05, 0.1) is 18.2 Å². The fourth-order valence-electron chi connectivity index (χ4n) is 2.42. The van der Waals surface area contributed by atoms with Crippen molar-refractivity contribution in [3.05, 3.63) is 52.4 Å². The lowest BCUT2D eigenvalue weighted by atomic mass is 10.2. The first kappa shape index (κ1) is 15.7. The summed E-state index contributed by atoms with van der Waals surface area (Å²) in [4.78, 5) is 28.5. The Bertz CT molecular complexity index is 981. The van der Waals surface area contributed by atoms with Crippen molar-refractivity contribution in [2.24, 2.45) is 0 Å². The molecule has 0 amide bonds. The smallest absolute Gasteiger partial charge is 0.309 e. The van der Waals surface area contributed by atoms with Gasteiger partial charge in [0.15, 0.2) is 0 Å². The van der Waals surface area contributed by atoms with Crippen LogP contribution >= 0.6 is 0 Å². The number of aryl methyl sites for hydroxylation is 1. The van der Waals surface area contributed by atoms with Crippen LogP contribution in [0.5, 0.6) is 11.8 Å². The number of aromatic nitrogens is 3. The van der Waals surface area contributed by atoms with Crippen LogP contribution in [0.15, 0.2) is 41.2 Å². The molecule has 0 aliphatic heterocycles. The Balaban J connectivity index is 2.43. The summed E-state index contributed by atoms with van der Waals surface area (Å²) in [6.07, 6.45) is 0. The van der Waals surface area contributed by atoms with E-state index in [9.17, 15) is 9.59 Å². The molecule has 0 aliphatic carbocycles. The average Bonchev–Trinajstić information content (AvgIpc) is 2.57. The molecular formula is C17H15N3O4. The fraction of sp³-hybridized carbons (Fsp3) is 0.176. The number of fused-ring (bicyclic) bond motifs is 1. The topological polar surface area (TPSA) is 83.3 Å². The van der Waals surface area contributed by atoms with E-state index < -0.39 is 5.97 Å². The third-order valence-electron chi connectivity index (χ3n) is 3.38. The number of ether oxygens (including phenoxy) is 2. The number of benzene rings is 1. The standard InChI is InChI=1S/C17H15N3O4/c1-10-9-13-14(15(18-10)23-3)16(24-11(2)21)19-20(17(13)22)12-7-5-4-6-8-12/h4-9H,1-3H3. The summed E-state index contributed by atoms with van der Waals surface area (Å²) in [6.45, 7) is 3.01. The van der Waals surface area contributed by atoms with Crippen LogP contribution in [0.4, 0.5) is 0 Å².